The Labute approximate surface area is 108 Å². The van der Waals surface area contributed by atoms with E-state index in [1.54, 1.807) is 0 Å². The summed E-state index contributed by atoms with van der Waals surface area (Å²) in [6.07, 6.45) is 3.10. The van der Waals surface area contributed by atoms with Crippen LogP contribution in [-0.4, -0.2) is 32.2 Å². The van der Waals surface area contributed by atoms with Crippen LogP contribution in [0.4, 0.5) is 11.4 Å². The lowest BCUT2D eigenvalue weighted by atomic mass is 10.2. The second kappa shape index (κ2) is 7.33. The maximum atomic E-state index is 6.12. The summed E-state index contributed by atoms with van der Waals surface area (Å²) < 4.78 is 5.62. The number of nitrogens with two attached hydrogens (primary N) is 1. The molecule has 0 aliphatic rings. The van der Waals surface area contributed by atoms with Gasteiger partial charge in [-0.3, -0.25) is 0 Å². The van der Waals surface area contributed by atoms with Crippen molar-refractivity contribution in [1.29, 1.82) is 0 Å². The first-order valence-electron chi connectivity index (χ1n) is 5.92. The van der Waals surface area contributed by atoms with Gasteiger partial charge in [0.25, 0.3) is 0 Å². The van der Waals surface area contributed by atoms with Crippen molar-refractivity contribution in [2.75, 3.05) is 42.8 Å². The van der Waals surface area contributed by atoms with Gasteiger partial charge in [-0.05, 0) is 24.8 Å². The molecule has 3 nitrogen and oxygen atoms in total. The Morgan fingerprint density at radius 3 is 2.82 bits per heavy atom. The van der Waals surface area contributed by atoms with Gasteiger partial charge in [0.05, 0.1) is 18.0 Å². The molecule has 4 heteroatoms. The summed E-state index contributed by atoms with van der Waals surface area (Å²) in [5, 5.41) is 0. The molecule has 0 spiro atoms. The third kappa shape index (κ3) is 4.04. The van der Waals surface area contributed by atoms with Crippen LogP contribution in [0.5, 0.6) is 5.75 Å². The van der Waals surface area contributed by atoms with E-state index in [9.17, 15) is 0 Å². The zero-order chi connectivity index (χ0) is 12.7. The van der Waals surface area contributed by atoms with E-state index >= 15 is 0 Å². The van der Waals surface area contributed by atoms with Gasteiger partial charge in [-0.1, -0.05) is 13.0 Å². The molecule has 0 radical (unpaired) electrons. The van der Waals surface area contributed by atoms with E-state index in [4.69, 9.17) is 10.5 Å². The first-order chi connectivity index (χ1) is 8.20. The van der Waals surface area contributed by atoms with Gasteiger partial charge in [0, 0.05) is 19.3 Å². The minimum atomic E-state index is 0.710. The molecule has 17 heavy (non-hydrogen) atoms. The molecule has 1 aromatic rings. The summed E-state index contributed by atoms with van der Waals surface area (Å²) in [5.74, 6) is 1.89. The molecule has 1 aromatic carbocycles. The average molecular weight is 254 g/mol. The van der Waals surface area contributed by atoms with Gasteiger partial charge < -0.3 is 15.4 Å². The van der Waals surface area contributed by atoms with Crippen LogP contribution in [0, 0.1) is 0 Å². The van der Waals surface area contributed by atoms with Crippen LogP contribution in [0.1, 0.15) is 13.3 Å². The SMILES string of the molecule is CCCOc1cccc(N(C)CCSC)c1N. The molecule has 0 saturated heterocycles. The highest BCUT2D eigenvalue weighted by Crippen LogP contribution is 2.31. The molecule has 0 amide bonds. The van der Waals surface area contributed by atoms with E-state index < -0.39 is 0 Å². The van der Waals surface area contributed by atoms with Crippen LogP contribution in [0.3, 0.4) is 0 Å². The highest BCUT2D eigenvalue weighted by atomic mass is 32.2. The van der Waals surface area contributed by atoms with E-state index in [0.29, 0.717) is 6.61 Å². The molecule has 0 fully saturated rings. The fraction of sp³-hybridized carbons (Fsp3) is 0.538. The van der Waals surface area contributed by atoms with Crippen molar-refractivity contribution < 1.29 is 4.74 Å². The molecule has 0 heterocycles. The molecule has 0 unspecified atom stereocenters. The van der Waals surface area contributed by atoms with Gasteiger partial charge >= 0.3 is 0 Å². The van der Waals surface area contributed by atoms with E-state index in [1.165, 1.54) is 0 Å². The minimum Gasteiger partial charge on any atom is -0.491 e. The first-order valence-corrected chi connectivity index (χ1v) is 7.31. The predicted molar refractivity (Wildman–Crippen MR) is 78.3 cm³/mol. The van der Waals surface area contributed by atoms with Crippen molar-refractivity contribution in [1.82, 2.24) is 0 Å². The molecule has 0 atom stereocenters. The van der Waals surface area contributed by atoms with Crippen LogP contribution in [0.2, 0.25) is 0 Å². The molecule has 0 aliphatic carbocycles. The third-order valence-corrected chi connectivity index (χ3v) is 3.14. The Balaban J connectivity index is 2.78. The number of para-hydroxylation sites is 1. The molecule has 2 N–H and O–H groups in total. The first kappa shape index (κ1) is 14.0. The number of hydrogen-bond acceptors (Lipinski definition) is 4. The van der Waals surface area contributed by atoms with Crippen molar-refractivity contribution in [3.05, 3.63) is 18.2 Å². The largest absolute Gasteiger partial charge is 0.491 e. The normalized spacial score (nSPS) is 10.3. The number of nitrogens with zero attached hydrogens (tertiary/aromatic N) is 1. The average Bonchev–Trinajstić information content (AvgIpc) is 2.34. The minimum absolute atomic E-state index is 0.710. The fourth-order valence-corrected chi connectivity index (χ4v) is 2.01. The second-order valence-electron chi connectivity index (χ2n) is 3.95. The van der Waals surface area contributed by atoms with Crippen LogP contribution >= 0.6 is 11.8 Å². The van der Waals surface area contributed by atoms with Gasteiger partial charge in [-0.15, -0.1) is 0 Å². The van der Waals surface area contributed by atoms with Crippen LogP contribution in [-0.2, 0) is 0 Å². The summed E-state index contributed by atoms with van der Waals surface area (Å²) in [5.41, 5.74) is 7.91. The molecule has 0 saturated carbocycles. The molecule has 0 aromatic heterocycles. The van der Waals surface area contributed by atoms with Crippen molar-refractivity contribution in [3.63, 3.8) is 0 Å². The van der Waals surface area contributed by atoms with Crippen LogP contribution < -0.4 is 15.4 Å². The quantitative estimate of drug-likeness (QED) is 0.759. The molecule has 0 bridgehead atoms. The summed E-state index contributed by atoms with van der Waals surface area (Å²) in [4.78, 5) is 2.17. The van der Waals surface area contributed by atoms with Crippen molar-refractivity contribution in [3.8, 4) is 5.75 Å². The Morgan fingerprint density at radius 1 is 1.41 bits per heavy atom. The summed E-state index contributed by atoms with van der Waals surface area (Å²) >= 11 is 1.83. The smallest absolute Gasteiger partial charge is 0.144 e. The van der Waals surface area contributed by atoms with E-state index in [1.807, 2.05) is 30.0 Å². The zero-order valence-electron chi connectivity index (χ0n) is 10.9. The Bertz CT molecular complexity index is 344. The molecular formula is C13H22N2OS. The Hall–Kier alpha value is -1.03. The Morgan fingerprint density at radius 2 is 2.18 bits per heavy atom. The molecule has 1 rings (SSSR count). The van der Waals surface area contributed by atoms with E-state index in [-0.39, 0.29) is 0 Å². The molecule has 0 aliphatic heterocycles. The van der Waals surface area contributed by atoms with Gasteiger partial charge in [-0.25, -0.2) is 0 Å². The number of hydrogen-bond donors (Lipinski definition) is 1. The van der Waals surface area contributed by atoms with Crippen molar-refractivity contribution >= 4 is 23.1 Å². The highest BCUT2D eigenvalue weighted by molar-refractivity contribution is 7.98. The highest BCUT2D eigenvalue weighted by Gasteiger charge is 2.09. The topological polar surface area (TPSA) is 38.5 Å². The van der Waals surface area contributed by atoms with Crippen molar-refractivity contribution in [2.24, 2.45) is 0 Å². The maximum absolute atomic E-state index is 6.12. The van der Waals surface area contributed by atoms with Gasteiger partial charge in [-0.2, -0.15) is 11.8 Å². The van der Waals surface area contributed by atoms with Gasteiger partial charge in [0.15, 0.2) is 0 Å². The lowest BCUT2D eigenvalue weighted by Gasteiger charge is -2.22. The van der Waals surface area contributed by atoms with Gasteiger partial charge in [0.2, 0.25) is 0 Å². The number of benzene rings is 1. The van der Waals surface area contributed by atoms with E-state index in [2.05, 4.69) is 25.1 Å². The monoisotopic (exact) mass is 254 g/mol. The second-order valence-corrected chi connectivity index (χ2v) is 4.94. The predicted octanol–water partition coefficient (Wildman–Crippen LogP) is 2.86. The number of nitrogen functional groups attached to an aromatic ring is 1. The number of thioether (sulfide) groups is 1. The standard InChI is InChI=1S/C13H22N2OS/c1-4-9-16-12-7-5-6-11(13(12)14)15(2)8-10-17-3/h5-7H,4,8-10,14H2,1-3H3. The van der Waals surface area contributed by atoms with E-state index in [0.717, 1.165) is 35.8 Å². The lowest BCUT2D eigenvalue weighted by Crippen LogP contribution is -2.21. The Kier molecular flexibility index (Phi) is 6.05. The maximum Gasteiger partial charge on any atom is 0.144 e. The number of rotatable bonds is 7. The molecule has 96 valence electrons. The summed E-state index contributed by atoms with van der Waals surface area (Å²) in [6, 6.07) is 5.96. The lowest BCUT2D eigenvalue weighted by molar-refractivity contribution is 0.319. The summed E-state index contributed by atoms with van der Waals surface area (Å²) in [6.45, 7) is 3.79. The third-order valence-electron chi connectivity index (χ3n) is 2.55. The zero-order valence-corrected chi connectivity index (χ0v) is 11.7. The van der Waals surface area contributed by atoms with Gasteiger partial charge in [0.1, 0.15) is 5.75 Å². The summed E-state index contributed by atoms with van der Waals surface area (Å²) in [7, 11) is 2.06. The van der Waals surface area contributed by atoms with Crippen molar-refractivity contribution in [2.45, 2.75) is 13.3 Å². The number of anilines is 2. The van der Waals surface area contributed by atoms with Crippen LogP contribution in [0.15, 0.2) is 18.2 Å². The molecular weight excluding hydrogens is 232 g/mol. The van der Waals surface area contributed by atoms with Crippen LogP contribution in [0.25, 0.3) is 0 Å². The number of ether oxygens (including phenoxy) is 1. The fourth-order valence-electron chi connectivity index (χ4n) is 1.55.